The number of carboxylic acid groups (broad SMARTS) is 1. The highest BCUT2D eigenvalue weighted by Gasteiger charge is 2.47. The highest BCUT2D eigenvalue weighted by molar-refractivity contribution is 7.91. The molecule has 0 heterocycles. The van der Waals surface area contributed by atoms with Crippen LogP contribution >= 0.6 is 0 Å². The van der Waals surface area contributed by atoms with Crippen LogP contribution in [0.4, 0.5) is 0 Å². The molecule has 0 saturated heterocycles. The second-order valence-corrected chi connectivity index (χ2v) is 9.37. The summed E-state index contributed by atoms with van der Waals surface area (Å²) in [6.07, 6.45) is 11.1. The zero-order valence-electron chi connectivity index (χ0n) is 13.0. The predicted octanol–water partition coefficient (Wildman–Crippen LogP) is 3.41. The van der Waals surface area contributed by atoms with E-state index >= 15 is 0 Å². The Morgan fingerprint density at radius 1 is 1.00 bits per heavy atom. The Morgan fingerprint density at radius 3 is 2.10 bits per heavy atom. The molecule has 0 aliphatic heterocycles. The van der Waals surface area contributed by atoms with Gasteiger partial charge in [-0.05, 0) is 38.0 Å². The third-order valence-electron chi connectivity index (χ3n) is 5.68. The molecule has 0 amide bonds. The molecule has 1 N–H and O–H groups in total. The van der Waals surface area contributed by atoms with E-state index in [4.69, 9.17) is 0 Å². The molecule has 2 fully saturated rings. The minimum atomic E-state index is -3.06. The first-order valence-corrected chi connectivity index (χ1v) is 10.2. The van der Waals surface area contributed by atoms with Crippen molar-refractivity contribution in [2.24, 2.45) is 11.3 Å². The van der Waals surface area contributed by atoms with E-state index in [2.05, 4.69) is 0 Å². The van der Waals surface area contributed by atoms with E-state index in [1.807, 2.05) is 0 Å². The second-order valence-electron chi connectivity index (χ2n) is 7.04. The number of carboxylic acids is 1. The highest BCUT2D eigenvalue weighted by Crippen LogP contribution is 2.48. The lowest BCUT2D eigenvalue weighted by Gasteiger charge is -2.42. The predicted molar refractivity (Wildman–Crippen MR) is 83.0 cm³/mol. The van der Waals surface area contributed by atoms with Gasteiger partial charge in [-0.2, -0.15) is 0 Å². The molecular formula is C16H28O4S. The summed E-state index contributed by atoms with van der Waals surface area (Å²) in [5.74, 6) is -0.662. The quantitative estimate of drug-likeness (QED) is 0.866. The first kappa shape index (κ1) is 16.8. The topological polar surface area (TPSA) is 71.4 Å². The number of hydrogen-bond donors (Lipinski definition) is 1. The van der Waals surface area contributed by atoms with E-state index < -0.39 is 21.2 Å². The normalized spacial score (nSPS) is 31.1. The molecule has 122 valence electrons. The molecule has 21 heavy (non-hydrogen) atoms. The minimum Gasteiger partial charge on any atom is -0.481 e. The van der Waals surface area contributed by atoms with Crippen molar-refractivity contribution in [2.45, 2.75) is 75.9 Å². The third-order valence-corrected chi connectivity index (χ3v) is 7.32. The van der Waals surface area contributed by atoms with Gasteiger partial charge in [0.25, 0.3) is 0 Å². The summed E-state index contributed by atoms with van der Waals surface area (Å²) < 4.78 is 23.7. The highest BCUT2D eigenvalue weighted by atomic mass is 32.2. The molecule has 2 aliphatic carbocycles. The smallest absolute Gasteiger partial charge is 0.309 e. The SMILES string of the molecule is CS(=O)(=O)C1CCCC(C2(C(=O)O)CCCCCCC2)C1. The van der Waals surface area contributed by atoms with Crippen molar-refractivity contribution in [3.8, 4) is 0 Å². The molecule has 0 radical (unpaired) electrons. The lowest BCUT2D eigenvalue weighted by atomic mass is 9.63. The lowest BCUT2D eigenvalue weighted by molar-refractivity contribution is -0.155. The summed E-state index contributed by atoms with van der Waals surface area (Å²) in [4.78, 5) is 12.0. The summed E-state index contributed by atoms with van der Waals surface area (Å²) in [6, 6.07) is 0. The van der Waals surface area contributed by atoms with Gasteiger partial charge in [0.1, 0.15) is 9.84 Å². The number of rotatable bonds is 3. The maximum absolute atomic E-state index is 12.0. The average molecular weight is 316 g/mol. The van der Waals surface area contributed by atoms with Crippen LogP contribution in [0.15, 0.2) is 0 Å². The van der Waals surface area contributed by atoms with Crippen LogP contribution in [0.5, 0.6) is 0 Å². The van der Waals surface area contributed by atoms with Gasteiger partial charge in [-0.3, -0.25) is 4.79 Å². The van der Waals surface area contributed by atoms with E-state index in [1.165, 1.54) is 12.7 Å². The number of hydrogen-bond acceptors (Lipinski definition) is 3. The zero-order chi connectivity index (χ0) is 15.5. The van der Waals surface area contributed by atoms with Crippen molar-refractivity contribution in [1.82, 2.24) is 0 Å². The van der Waals surface area contributed by atoms with Gasteiger partial charge in [0.2, 0.25) is 0 Å². The monoisotopic (exact) mass is 316 g/mol. The van der Waals surface area contributed by atoms with Crippen molar-refractivity contribution < 1.29 is 18.3 Å². The number of aliphatic carboxylic acids is 1. The standard InChI is InChI=1S/C16H28O4S/c1-21(19,20)14-9-7-8-13(12-14)16(15(17)18)10-5-3-2-4-6-11-16/h13-14H,2-12H2,1H3,(H,17,18). The molecule has 2 atom stereocenters. The van der Waals surface area contributed by atoms with E-state index in [-0.39, 0.29) is 11.2 Å². The Balaban J connectivity index is 2.22. The fourth-order valence-electron chi connectivity index (χ4n) is 4.37. The van der Waals surface area contributed by atoms with Crippen molar-refractivity contribution in [2.75, 3.05) is 6.26 Å². The summed E-state index contributed by atoms with van der Waals surface area (Å²) in [5, 5.41) is 9.56. The fraction of sp³-hybridized carbons (Fsp3) is 0.938. The molecule has 0 aromatic heterocycles. The van der Waals surface area contributed by atoms with Crippen LogP contribution in [-0.2, 0) is 14.6 Å². The maximum atomic E-state index is 12.0. The summed E-state index contributed by atoms with van der Waals surface area (Å²) in [7, 11) is -3.06. The Hall–Kier alpha value is -0.580. The molecule has 2 rings (SSSR count). The van der Waals surface area contributed by atoms with Crippen LogP contribution in [0.2, 0.25) is 0 Å². The Bertz CT molecular complexity index is 461. The minimum absolute atomic E-state index is 0.0292. The van der Waals surface area contributed by atoms with Crippen LogP contribution in [-0.4, -0.2) is 31.0 Å². The Morgan fingerprint density at radius 2 is 1.57 bits per heavy atom. The third kappa shape index (κ3) is 3.79. The van der Waals surface area contributed by atoms with E-state index in [9.17, 15) is 18.3 Å². The molecule has 0 aromatic carbocycles. The average Bonchev–Trinajstić information content (AvgIpc) is 2.37. The largest absolute Gasteiger partial charge is 0.481 e. The first-order chi connectivity index (χ1) is 9.86. The first-order valence-electron chi connectivity index (χ1n) is 8.28. The molecule has 0 spiro atoms. The van der Waals surface area contributed by atoms with E-state index in [0.29, 0.717) is 12.8 Å². The van der Waals surface area contributed by atoms with Gasteiger partial charge >= 0.3 is 5.97 Å². The molecule has 5 heteroatoms. The van der Waals surface area contributed by atoms with E-state index in [0.717, 1.165) is 51.4 Å². The number of carbonyl (C=O) groups is 1. The van der Waals surface area contributed by atoms with Gasteiger partial charge < -0.3 is 5.11 Å². The van der Waals surface area contributed by atoms with Gasteiger partial charge in [0.05, 0.1) is 10.7 Å². The molecule has 2 aliphatic rings. The molecule has 2 saturated carbocycles. The van der Waals surface area contributed by atoms with Crippen LogP contribution in [0.1, 0.15) is 70.6 Å². The van der Waals surface area contributed by atoms with Crippen LogP contribution in [0, 0.1) is 11.3 Å². The van der Waals surface area contributed by atoms with Gasteiger partial charge in [0, 0.05) is 6.26 Å². The second kappa shape index (κ2) is 6.67. The fourth-order valence-corrected chi connectivity index (χ4v) is 5.55. The van der Waals surface area contributed by atoms with Crippen molar-refractivity contribution in [3.63, 3.8) is 0 Å². The van der Waals surface area contributed by atoms with Crippen LogP contribution < -0.4 is 0 Å². The Kier molecular flexibility index (Phi) is 5.33. The van der Waals surface area contributed by atoms with Gasteiger partial charge in [-0.15, -0.1) is 0 Å². The zero-order valence-corrected chi connectivity index (χ0v) is 13.8. The van der Waals surface area contributed by atoms with E-state index in [1.54, 1.807) is 0 Å². The van der Waals surface area contributed by atoms with Crippen molar-refractivity contribution in [3.05, 3.63) is 0 Å². The van der Waals surface area contributed by atoms with Gasteiger partial charge in [0.15, 0.2) is 0 Å². The van der Waals surface area contributed by atoms with Gasteiger partial charge in [-0.1, -0.05) is 38.5 Å². The molecule has 0 bridgehead atoms. The molecule has 2 unspecified atom stereocenters. The lowest BCUT2D eigenvalue weighted by Crippen LogP contribution is -2.43. The number of sulfone groups is 1. The van der Waals surface area contributed by atoms with Crippen LogP contribution in [0.3, 0.4) is 0 Å². The van der Waals surface area contributed by atoms with Gasteiger partial charge in [-0.25, -0.2) is 8.42 Å². The summed E-state index contributed by atoms with van der Waals surface area (Å²) in [5.41, 5.74) is -0.677. The van der Waals surface area contributed by atoms with Crippen LogP contribution in [0.25, 0.3) is 0 Å². The molecule has 4 nitrogen and oxygen atoms in total. The molecule has 0 aromatic rings. The Labute approximate surface area is 128 Å². The maximum Gasteiger partial charge on any atom is 0.309 e. The molecular weight excluding hydrogens is 288 g/mol. The summed E-state index contributed by atoms with van der Waals surface area (Å²) in [6.45, 7) is 0. The van der Waals surface area contributed by atoms with Crippen molar-refractivity contribution in [1.29, 1.82) is 0 Å². The van der Waals surface area contributed by atoms with Crippen molar-refractivity contribution >= 4 is 15.8 Å². The summed E-state index contributed by atoms with van der Waals surface area (Å²) >= 11 is 0.